The number of para-hydroxylation sites is 1. The van der Waals surface area contributed by atoms with E-state index in [-0.39, 0.29) is 5.91 Å². The Balaban J connectivity index is 1.46. The number of nitrogens with zero attached hydrogens (tertiary/aromatic N) is 2. The molecule has 1 aromatic carbocycles. The summed E-state index contributed by atoms with van der Waals surface area (Å²) in [7, 11) is 1.63. The second-order valence-corrected chi connectivity index (χ2v) is 7.57. The highest BCUT2D eigenvalue weighted by atomic mass is 16.5. The average Bonchev–Trinajstić information content (AvgIpc) is 3.21. The Morgan fingerprint density at radius 2 is 2.11 bits per heavy atom. The first-order valence-electron chi connectivity index (χ1n) is 9.97. The Bertz CT molecular complexity index is 786. The van der Waals surface area contributed by atoms with Gasteiger partial charge in [-0.2, -0.15) is 5.10 Å². The minimum absolute atomic E-state index is 0.0717. The van der Waals surface area contributed by atoms with E-state index in [1.807, 2.05) is 24.3 Å². The fourth-order valence-electron chi connectivity index (χ4n) is 4.65. The number of amides is 1. The Morgan fingerprint density at radius 3 is 3.00 bits per heavy atom. The molecule has 0 aliphatic carbocycles. The van der Waals surface area contributed by atoms with Crippen molar-refractivity contribution in [3.8, 4) is 17.0 Å². The van der Waals surface area contributed by atoms with Crippen LogP contribution < -0.4 is 10.1 Å². The standard InChI is InChI=1S/C21H28N4O2/c1-27-19-10-3-2-8-16(19)20-17(14-23-24-20)21(26)22-13-15-7-6-12-25-11-5-4-9-18(15)25/h2-3,8,10,14-15,18H,4-7,9,11-13H2,1H3,(H,22,26)(H,23,24)/t15-,18-/m1/s1. The van der Waals surface area contributed by atoms with Crippen LogP contribution in [0.3, 0.4) is 0 Å². The number of nitrogens with one attached hydrogen (secondary N) is 2. The number of carbonyl (C=O) groups excluding carboxylic acids is 1. The number of benzene rings is 1. The smallest absolute Gasteiger partial charge is 0.255 e. The van der Waals surface area contributed by atoms with Gasteiger partial charge >= 0.3 is 0 Å². The molecule has 144 valence electrons. The predicted molar refractivity (Wildman–Crippen MR) is 105 cm³/mol. The van der Waals surface area contributed by atoms with Crippen LogP contribution in [-0.4, -0.2) is 53.8 Å². The summed E-state index contributed by atoms with van der Waals surface area (Å²) in [6.45, 7) is 3.17. The van der Waals surface area contributed by atoms with E-state index < -0.39 is 0 Å². The van der Waals surface area contributed by atoms with Gasteiger partial charge in [-0.1, -0.05) is 18.6 Å². The molecule has 2 atom stereocenters. The molecule has 2 N–H and O–H groups in total. The first-order chi connectivity index (χ1) is 13.3. The van der Waals surface area contributed by atoms with E-state index >= 15 is 0 Å². The third-order valence-corrected chi connectivity index (χ3v) is 6.01. The Hall–Kier alpha value is -2.34. The van der Waals surface area contributed by atoms with Gasteiger partial charge in [0, 0.05) is 18.2 Å². The van der Waals surface area contributed by atoms with Crippen LogP contribution in [0.5, 0.6) is 5.75 Å². The van der Waals surface area contributed by atoms with Gasteiger partial charge in [0.2, 0.25) is 0 Å². The van der Waals surface area contributed by atoms with Crippen LogP contribution in [0.25, 0.3) is 11.3 Å². The number of rotatable bonds is 5. The van der Waals surface area contributed by atoms with E-state index in [2.05, 4.69) is 20.4 Å². The van der Waals surface area contributed by atoms with Crippen molar-refractivity contribution in [2.75, 3.05) is 26.7 Å². The molecule has 2 aliphatic rings. The van der Waals surface area contributed by atoms with E-state index in [0.717, 1.165) is 17.9 Å². The van der Waals surface area contributed by atoms with Gasteiger partial charge in [-0.05, 0) is 56.8 Å². The highest BCUT2D eigenvalue weighted by Gasteiger charge is 2.33. The third-order valence-electron chi connectivity index (χ3n) is 6.01. The summed E-state index contributed by atoms with van der Waals surface area (Å²) in [6.07, 6.45) is 7.92. The minimum atomic E-state index is -0.0717. The lowest BCUT2D eigenvalue weighted by Gasteiger charge is -2.44. The van der Waals surface area contributed by atoms with Crippen molar-refractivity contribution in [3.63, 3.8) is 0 Å². The fourth-order valence-corrected chi connectivity index (χ4v) is 4.65. The van der Waals surface area contributed by atoms with E-state index in [1.165, 1.54) is 45.2 Å². The summed E-state index contributed by atoms with van der Waals surface area (Å²) in [4.78, 5) is 15.5. The zero-order valence-corrected chi connectivity index (χ0v) is 15.9. The minimum Gasteiger partial charge on any atom is -0.496 e. The van der Waals surface area contributed by atoms with Gasteiger partial charge in [0.25, 0.3) is 5.91 Å². The zero-order valence-electron chi connectivity index (χ0n) is 15.9. The van der Waals surface area contributed by atoms with Crippen molar-refractivity contribution in [2.45, 2.75) is 38.1 Å². The first kappa shape index (κ1) is 18.0. The van der Waals surface area contributed by atoms with Crippen molar-refractivity contribution in [1.82, 2.24) is 20.4 Å². The molecule has 2 fully saturated rings. The highest BCUT2D eigenvalue weighted by Crippen LogP contribution is 2.32. The molecule has 4 rings (SSSR count). The van der Waals surface area contributed by atoms with Crippen LogP contribution in [0.4, 0.5) is 0 Å². The van der Waals surface area contributed by atoms with E-state index in [9.17, 15) is 4.79 Å². The number of fused-ring (bicyclic) bond motifs is 1. The van der Waals surface area contributed by atoms with Gasteiger partial charge in [0.05, 0.1) is 24.6 Å². The van der Waals surface area contributed by atoms with Gasteiger partial charge in [0.1, 0.15) is 5.75 Å². The van der Waals surface area contributed by atoms with Gasteiger partial charge in [-0.15, -0.1) is 0 Å². The van der Waals surface area contributed by atoms with E-state index in [1.54, 1.807) is 13.3 Å². The summed E-state index contributed by atoms with van der Waals surface area (Å²) < 4.78 is 5.43. The summed E-state index contributed by atoms with van der Waals surface area (Å²) in [5.74, 6) is 1.20. The second kappa shape index (κ2) is 8.13. The number of hydrogen-bond acceptors (Lipinski definition) is 4. The second-order valence-electron chi connectivity index (χ2n) is 7.57. The average molecular weight is 368 g/mol. The van der Waals surface area contributed by atoms with E-state index in [0.29, 0.717) is 23.2 Å². The molecule has 2 aromatic rings. The van der Waals surface area contributed by atoms with Crippen LogP contribution in [0.1, 0.15) is 42.5 Å². The highest BCUT2D eigenvalue weighted by molar-refractivity contribution is 6.00. The Kier molecular flexibility index (Phi) is 5.43. The van der Waals surface area contributed by atoms with Crippen molar-refractivity contribution in [2.24, 2.45) is 5.92 Å². The van der Waals surface area contributed by atoms with Gasteiger partial charge < -0.3 is 15.0 Å². The number of hydrogen-bond donors (Lipinski definition) is 2. The summed E-state index contributed by atoms with van der Waals surface area (Å²) in [5, 5.41) is 10.2. The Labute approximate surface area is 160 Å². The van der Waals surface area contributed by atoms with E-state index in [4.69, 9.17) is 4.74 Å². The number of aromatic amines is 1. The maximum Gasteiger partial charge on any atom is 0.255 e. The van der Waals surface area contributed by atoms with Gasteiger partial charge in [-0.25, -0.2) is 0 Å². The normalized spacial score (nSPS) is 22.9. The lowest BCUT2D eigenvalue weighted by molar-refractivity contribution is 0.0576. The molecular formula is C21H28N4O2. The SMILES string of the molecule is COc1ccccc1-c1[nH]ncc1C(=O)NC[C@H]1CCCN2CCCC[C@H]12. The quantitative estimate of drug-likeness (QED) is 0.851. The fraction of sp³-hybridized carbons (Fsp3) is 0.524. The lowest BCUT2D eigenvalue weighted by Crippen LogP contribution is -2.51. The number of H-pyrrole nitrogens is 1. The summed E-state index contributed by atoms with van der Waals surface area (Å²) in [5.41, 5.74) is 2.11. The zero-order chi connectivity index (χ0) is 18.6. The molecule has 0 saturated carbocycles. The van der Waals surface area contributed by atoms with Crippen LogP contribution >= 0.6 is 0 Å². The number of ether oxygens (including phenoxy) is 1. The van der Waals surface area contributed by atoms with Gasteiger partial charge in [0.15, 0.2) is 0 Å². The molecular weight excluding hydrogens is 340 g/mol. The van der Waals surface area contributed by atoms with Crippen molar-refractivity contribution in [1.29, 1.82) is 0 Å². The Morgan fingerprint density at radius 1 is 1.26 bits per heavy atom. The molecule has 6 nitrogen and oxygen atoms in total. The largest absolute Gasteiger partial charge is 0.496 e. The molecule has 0 spiro atoms. The first-order valence-corrected chi connectivity index (χ1v) is 9.97. The topological polar surface area (TPSA) is 70.2 Å². The molecule has 1 aromatic heterocycles. The van der Waals surface area contributed by atoms with Crippen LogP contribution in [0.15, 0.2) is 30.5 Å². The third kappa shape index (κ3) is 3.72. The van der Waals surface area contributed by atoms with Crippen LogP contribution in [0.2, 0.25) is 0 Å². The lowest BCUT2D eigenvalue weighted by atomic mass is 9.83. The molecule has 0 radical (unpaired) electrons. The molecule has 3 heterocycles. The number of aromatic nitrogens is 2. The van der Waals surface area contributed by atoms with Crippen molar-refractivity contribution >= 4 is 5.91 Å². The number of methoxy groups -OCH3 is 1. The van der Waals surface area contributed by atoms with Crippen molar-refractivity contribution in [3.05, 3.63) is 36.0 Å². The predicted octanol–water partition coefficient (Wildman–Crippen LogP) is 3.08. The van der Waals surface area contributed by atoms with Crippen molar-refractivity contribution < 1.29 is 9.53 Å². The van der Waals surface area contributed by atoms with Crippen LogP contribution in [-0.2, 0) is 0 Å². The summed E-state index contributed by atoms with van der Waals surface area (Å²) in [6, 6.07) is 8.30. The molecule has 2 saturated heterocycles. The summed E-state index contributed by atoms with van der Waals surface area (Å²) >= 11 is 0. The van der Waals surface area contributed by atoms with Gasteiger partial charge in [-0.3, -0.25) is 9.89 Å². The maximum absolute atomic E-state index is 12.9. The molecule has 6 heteroatoms. The number of piperidine rings is 2. The molecule has 27 heavy (non-hydrogen) atoms. The molecule has 0 unspecified atom stereocenters. The number of carbonyl (C=O) groups is 1. The molecule has 1 amide bonds. The van der Waals surface area contributed by atoms with Crippen LogP contribution in [0, 0.1) is 5.92 Å². The molecule has 2 aliphatic heterocycles. The molecule has 0 bridgehead atoms. The maximum atomic E-state index is 12.9. The monoisotopic (exact) mass is 368 g/mol.